The highest BCUT2D eigenvalue weighted by Gasteiger charge is 2.38. The van der Waals surface area contributed by atoms with Crippen LogP contribution in [-0.4, -0.2) is 18.8 Å². The van der Waals surface area contributed by atoms with Crippen LogP contribution >= 0.6 is 0 Å². The Balaban J connectivity index is 1.96. The lowest BCUT2D eigenvalue weighted by molar-refractivity contribution is 0.151. The van der Waals surface area contributed by atoms with Gasteiger partial charge in [-0.3, -0.25) is 0 Å². The zero-order chi connectivity index (χ0) is 9.15. The highest BCUT2D eigenvalue weighted by Crippen LogP contribution is 2.34. The van der Waals surface area contributed by atoms with Crippen LogP contribution in [0.4, 0.5) is 0 Å². The molecule has 0 spiro atoms. The van der Waals surface area contributed by atoms with E-state index in [9.17, 15) is 0 Å². The quantitative estimate of drug-likeness (QED) is 0.632. The van der Waals surface area contributed by atoms with Gasteiger partial charge >= 0.3 is 0 Å². The third kappa shape index (κ3) is 2.05. The van der Waals surface area contributed by atoms with E-state index in [1.807, 2.05) is 0 Å². The number of hydrogen-bond acceptors (Lipinski definition) is 2. The largest absolute Gasteiger partial charge is 0.379 e. The molecule has 0 aromatic rings. The Hall–Kier alpha value is -0.0800. The number of rotatable bonds is 1. The minimum atomic E-state index is 0.0321. The Kier molecular flexibility index (Phi) is 2.89. The van der Waals surface area contributed by atoms with E-state index in [2.05, 4.69) is 0 Å². The molecule has 2 aliphatic rings. The summed E-state index contributed by atoms with van der Waals surface area (Å²) >= 11 is 0. The summed E-state index contributed by atoms with van der Waals surface area (Å²) in [5, 5.41) is 0. The summed E-state index contributed by atoms with van der Waals surface area (Å²) in [6.07, 6.45) is 9.32. The fraction of sp³-hybridized carbons (Fsp3) is 1.00. The summed E-state index contributed by atoms with van der Waals surface area (Å²) in [6, 6.07) is 0. The molecule has 0 aromatic carbocycles. The molecule has 1 unspecified atom stereocenters. The lowest BCUT2D eigenvalue weighted by Gasteiger charge is -2.31. The molecule has 2 heteroatoms. The van der Waals surface area contributed by atoms with Gasteiger partial charge in [0, 0.05) is 12.1 Å². The van der Waals surface area contributed by atoms with Crippen molar-refractivity contribution >= 4 is 0 Å². The molecule has 1 saturated carbocycles. The first-order chi connectivity index (χ1) is 6.31. The summed E-state index contributed by atoms with van der Waals surface area (Å²) in [5.41, 5.74) is 6.41. The molecule has 0 bridgehead atoms. The molecule has 0 radical (unpaired) electrons. The van der Waals surface area contributed by atoms with Crippen LogP contribution in [0.25, 0.3) is 0 Å². The standard InChI is InChI=1S/C11H21NO/c12-11(7-8-13-9-11)10-5-3-1-2-4-6-10/h10H,1-9,12H2. The molecule has 2 rings (SSSR count). The van der Waals surface area contributed by atoms with Gasteiger partial charge in [-0.15, -0.1) is 0 Å². The third-order valence-electron chi connectivity index (χ3n) is 3.75. The molecule has 0 amide bonds. The minimum absolute atomic E-state index is 0.0321. The van der Waals surface area contributed by atoms with Crippen LogP contribution in [0, 0.1) is 5.92 Å². The van der Waals surface area contributed by atoms with Crippen molar-refractivity contribution in [3.05, 3.63) is 0 Å². The van der Waals surface area contributed by atoms with Gasteiger partial charge < -0.3 is 10.5 Å². The fourth-order valence-corrected chi connectivity index (χ4v) is 2.77. The maximum Gasteiger partial charge on any atom is 0.0649 e. The van der Waals surface area contributed by atoms with Crippen LogP contribution in [0.1, 0.15) is 44.9 Å². The normalized spacial score (nSPS) is 37.6. The monoisotopic (exact) mass is 183 g/mol. The Morgan fingerprint density at radius 2 is 1.77 bits per heavy atom. The average molecular weight is 183 g/mol. The van der Waals surface area contributed by atoms with Crippen molar-refractivity contribution in [2.45, 2.75) is 50.5 Å². The van der Waals surface area contributed by atoms with E-state index in [1.54, 1.807) is 0 Å². The zero-order valence-electron chi connectivity index (χ0n) is 8.43. The van der Waals surface area contributed by atoms with Crippen LogP contribution in [0.3, 0.4) is 0 Å². The van der Waals surface area contributed by atoms with Gasteiger partial charge in [0.25, 0.3) is 0 Å². The number of ether oxygens (including phenoxy) is 1. The topological polar surface area (TPSA) is 35.2 Å². The van der Waals surface area contributed by atoms with Gasteiger partial charge in [-0.2, -0.15) is 0 Å². The van der Waals surface area contributed by atoms with Crippen molar-refractivity contribution < 1.29 is 4.74 Å². The van der Waals surface area contributed by atoms with Crippen LogP contribution in [0.15, 0.2) is 0 Å². The molecule has 76 valence electrons. The highest BCUT2D eigenvalue weighted by atomic mass is 16.5. The molecule has 0 aromatic heterocycles. The molecule has 1 saturated heterocycles. The summed E-state index contributed by atoms with van der Waals surface area (Å²) < 4.78 is 5.43. The average Bonchev–Trinajstić information content (AvgIpc) is 2.44. The minimum Gasteiger partial charge on any atom is -0.379 e. The maximum atomic E-state index is 6.38. The van der Waals surface area contributed by atoms with Gasteiger partial charge in [-0.05, 0) is 25.2 Å². The lowest BCUT2D eigenvalue weighted by Crippen LogP contribution is -2.47. The first kappa shape index (κ1) is 9.47. The van der Waals surface area contributed by atoms with Gasteiger partial charge in [-0.25, -0.2) is 0 Å². The molecule has 2 fully saturated rings. The summed E-state index contributed by atoms with van der Waals surface area (Å²) in [5.74, 6) is 0.734. The van der Waals surface area contributed by atoms with E-state index < -0.39 is 0 Å². The van der Waals surface area contributed by atoms with E-state index in [0.29, 0.717) is 0 Å². The third-order valence-corrected chi connectivity index (χ3v) is 3.75. The van der Waals surface area contributed by atoms with E-state index in [-0.39, 0.29) is 5.54 Å². The fourth-order valence-electron chi connectivity index (χ4n) is 2.77. The van der Waals surface area contributed by atoms with Crippen LogP contribution in [-0.2, 0) is 4.74 Å². The van der Waals surface area contributed by atoms with E-state index in [1.165, 1.54) is 38.5 Å². The Labute approximate surface area is 80.8 Å². The second-order valence-corrected chi connectivity index (χ2v) is 4.72. The van der Waals surface area contributed by atoms with Crippen molar-refractivity contribution in [1.29, 1.82) is 0 Å². The van der Waals surface area contributed by atoms with Crippen LogP contribution < -0.4 is 5.73 Å². The number of hydrogen-bond donors (Lipinski definition) is 1. The Morgan fingerprint density at radius 1 is 1.08 bits per heavy atom. The first-order valence-electron chi connectivity index (χ1n) is 5.68. The molecule has 1 atom stereocenters. The second-order valence-electron chi connectivity index (χ2n) is 4.72. The van der Waals surface area contributed by atoms with Crippen molar-refractivity contribution in [1.82, 2.24) is 0 Å². The van der Waals surface area contributed by atoms with Gasteiger partial charge in [0.05, 0.1) is 6.61 Å². The molecule has 1 aliphatic carbocycles. The summed E-state index contributed by atoms with van der Waals surface area (Å²) in [7, 11) is 0. The smallest absolute Gasteiger partial charge is 0.0649 e. The van der Waals surface area contributed by atoms with E-state index in [4.69, 9.17) is 10.5 Å². The molecule has 13 heavy (non-hydrogen) atoms. The lowest BCUT2D eigenvalue weighted by atomic mass is 9.79. The molecule has 1 heterocycles. The SMILES string of the molecule is NC1(C2CCCCCC2)CCOC1. The van der Waals surface area contributed by atoms with Crippen molar-refractivity contribution in [2.24, 2.45) is 11.7 Å². The summed E-state index contributed by atoms with van der Waals surface area (Å²) in [4.78, 5) is 0. The number of nitrogens with two attached hydrogens (primary N) is 1. The van der Waals surface area contributed by atoms with Crippen molar-refractivity contribution in [3.8, 4) is 0 Å². The predicted octanol–water partition coefficient (Wildman–Crippen LogP) is 2.07. The van der Waals surface area contributed by atoms with Gasteiger partial charge in [0.2, 0.25) is 0 Å². The first-order valence-corrected chi connectivity index (χ1v) is 5.68. The molecule has 1 aliphatic heterocycles. The second kappa shape index (κ2) is 3.97. The van der Waals surface area contributed by atoms with Crippen LogP contribution in [0.5, 0.6) is 0 Å². The van der Waals surface area contributed by atoms with E-state index in [0.717, 1.165) is 25.6 Å². The zero-order valence-corrected chi connectivity index (χ0v) is 8.43. The van der Waals surface area contributed by atoms with E-state index >= 15 is 0 Å². The van der Waals surface area contributed by atoms with Gasteiger partial charge in [0.1, 0.15) is 0 Å². The highest BCUT2D eigenvalue weighted by molar-refractivity contribution is 4.94. The van der Waals surface area contributed by atoms with Crippen LogP contribution in [0.2, 0.25) is 0 Å². The Bertz CT molecular complexity index is 155. The molecule has 2 N–H and O–H groups in total. The Morgan fingerprint density at radius 3 is 2.31 bits per heavy atom. The maximum absolute atomic E-state index is 6.38. The predicted molar refractivity (Wildman–Crippen MR) is 53.5 cm³/mol. The van der Waals surface area contributed by atoms with Gasteiger partial charge in [-0.1, -0.05) is 25.7 Å². The molecular formula is C11H21NO. The summed E-state index contributed by atoms with van der Waals surface area (Å²) in [6.45, 7) is 1.69. The molecule has 2 nitrogen and oxygen atoms in total. The van der Waals surface area contributed by atoms with Crippen molar-refractivity contribution in [3.63, 3.8) is 0 Å². The molecular weight excluding hydrogens is 162 g/mol. The van der Waals surface area contributed by atoms with Crippen molar-refractivity contribution in [2.75, 3.05) is 13.2 Å². The van der Waals surface area contributed by atoms with Gasteiger partial charge in [0.15, 0.2) is 0 Å².